The summed E-state index contributed by atoms with van der Waals surface area (Å²) in [6.45, 7) is 7.63. The zero-order valence-corrected chi connectivity index (χ0v) is 22.0. The predicted molar refractivity (Wildman–Crippen MR) is 137 cm³/mol. The Morgan fingerprint density at radius 2 is 1.81 bits per heavy atom. The highest BCUT2D eigenvalue weighted by Gasteiger charge is 2.50. The minimum Gasteiger partial charge on any atom is -0.496 e. The Kier molecular flexibility index (Phi) is 7.64. The Morgan fingerprint density at radius 3 is 2.44 bits per heavy atom. The van der Waals surface area contributed by atoms with Crippen molar-refractivity contribution in [1.82, 2.24) is 5.32 Å². The molecular weight excluding hydrogens is 478 g/mol. The fraction of sp³-hybridized carbons (Fsp3) is 0.393. The third kappa shape index (κ3) is 4.46. The first-order valence-electron chi connectivity index (χ1n) is 12.1. The molecule has 3 atom stereocenters. The summed E-state index contributed by atoms with van der Waals surface area (Å²) in [6.07, 6.45) is 0.388. The molecule has 36 heavy (non-hydrogen) atoms. The zero-order valence-electron chi connectivity index (χ0n) is 21.2. The molecule has 4 rings (SSSR count). The number of nitrogens with one attached hydrogen (secondary N) is 1. The van der Waals surface area contributed by atoms with Gasteiger partial charge in [0.05, 0.1) is 31.8 Å². The van der Waals surface area contributed by atoms with Crippen molar-refractivity contribution in [3.8, 4) is 5.75 Å². The van der Waals surface area contributed by atoms with Gasteiger partial charge in [-0.1, -0.05) is 18.2 Å². The van der Waals surface area contributed by atoms with Crippen LogP contribution in [0.3, 0.4) is 0 Å². The summed E-state index contributed by atoms with van der Waals surface area (Å²) in [4.78, 5) is 41.6. The number of para-hydroxylation sites is 1. The first-order valence-corrected chi connectivity index (χ1v) is 13.0. The maximum Gasteiger partial charge on any atom is 0.336 e. The second kappa shape index (κ2) is 10.7. The number of Topliss-reactive ketones (excluding diaryl/α,β-unsaturated/α-hetero) is 1. The molecule has 190 valence electrons. The lowest BCUT2D eigenvalue weighted by molar-refractivity contribution is -0.152. The number of hydrogen-bond donors (Lipinski definition) is 1. The molecule has 1 aromatic heterocycles. The van der Waals surface area contributed by atoms with E-state index in [-0.39, 0.29) is 19.0 Å². The third-order valence-corrected chi connectivity index (χ3v) is 7.84. The van der Waals surface area contributed by atoms with Crippen LogP contribution in [0.5, 0.6) is 5.75 Å². The number of ketones is 1. The normalized spacial score (nSPS) is 21.6. The van der Waals surface area contributed by atoms with Gasteiger partial charge in [-0.05, 0) is 62.8 Å². The van der Waals surface area contributed by atoms with Gasteiger partial charge in [0.1, 0.15) is 11.7 Å². The Morgan fingerprint density at radius 1 is 1.08 bits per heavy atom. The van der Waals surface area contributed by atoms with Gasteiger partial charge < -0.3 is 19.5 Å². The average molecular weight is 510 g/mol. The average Bonchev–Trinajstić information content (AvgIpc) is 3.28. The number of rotatable bonds is 7. The van der Waals surface area contributed by atoms with Crippen LogP contribution in [0.2, 0.25) is 0 Å². The summed E-state index contributed by atoms with van der Waals surface area (Å²) >= 11 is 1.49. The van der Waals surface area contributed by atoms with Crippen LogP contribution in [0.4, 0.5) is 0 Å². The molecule has 2 heterocycles. The van der Waals surface area contributed by atoms with Gasteiger partial charge in [-0.2, -0.15) is 0 Å². The molecule has 8 heteroatoms. The van der Waals surface area contributed by atoms with E-state index in [0.717, 1.165) is 16.0 Å². The van der Waals surface area contributed by atoms with Crippen molar-refractivity contribution >= 4 is 29.1 Å². The fourth-order valence-electron chi connectivity index (χ4n) is 5.22. The number of hydrogen-bond acceptors (Lipinski definition) is 8. The van der Waals surface area contributed by atoms with E-state index in [1.54, 1.807) is 21.0 Å². The molecule has 7 nitrogen and oxygen atoms in total. The van der Waals surface area contributed by atoms with E-state index in [1.807, 2.05) is 49.6 Å². The number of benzene rings is 1. The molecule has 1 aromatic carbocycles. The molecule has 2 aliphatic rings. The van der Waals surface area contributed by atoms with Crippen LogP contribution in [0.1, 0.15) is 55.0 Å². The van der Waals surface area contributed by atoms with Crippen LogP contribution >= 0.6 is 11.3 Å². The van der Waals surface area contributed by atoms with Crippen molar-refractivity contribution in [2.75, 3.05) is 20.3 Å². The molecular formula is C28H31NO6S. The molecule has 0 bridgehead atoms. The SMILES string of the molecule is CCOC(=O)C1=C(C)NC2=C(C(=O)[C@H](C(=O)OCC)[C@@H](c3ccccc3OC)C2)[C@@H]1c1sccc1C. The summed E-state index contributed by atoms with van der Waals surface area (Å²) in [7, 11) is 1.57. The third-order valence-electron chi connectivity index (χ3n) is 6.76. The summed E-state index contributed by atoms with van der Waals surface area (Å²) in [6, 6.07) is 9.38. The lowest BCUT2D eigenvalue weighted by atomic mass is 9.67. The maximum atomic E-state index is 14.3. The number of aryl methyl sites for hydroxylation is 1. The highest BCUT2D eigenvalue weighted by atomic mass is 32.1. The summed E-state index contributed by atoms with van der Waals surface area (Å²) in [5.74, 6) is -2.95. The van der Waals surface area contributed by atoms with Gasteiger partial charge in [-0.15, -0.1) is 11.3 Å². The van der Waals surface area contributed by atoms with Gasteiger partial charge >= 0.3 is 11.9 Å². The lowest BCUT2D eigenvalue weighted by Gasteiger charge is -2.39. The number of carbonyl (C=O) groups excluding carboxylic acids is 3. The van der Waals surface area contributed by atoms with Crippen LogP contribution in [0.25, 0.3) is 0 Å². The molecule has 0 saturated heterocycles. The van der Waals surface area contributed by atoms with Gasteiger partial charge in [0.25, 0.3) is 0 Å². The molecule has 2 aromatic rings. The van der Waals surface area contributed by atoms with Crippen LogP contribution in [-0.4, -0.2) is 38.0 Å². The minimum absolute atomic E-state index is 0.159. The molecule has 1 aliphatic heterocycles. The zero-order chi connectivity index (χ0) is 26.0. The van der Waals surface area contributed by atoms with Gasteiger partial charge in [0, 0.05) is 27.8 Å². The topological polar surface area (TPSA) is 90.9 Å². The molecule has 0 unspecified atom stereocenters. The molecule has 0 spiro atoms. The number of carbonyl (C=O) groups is 3. The predicted octanol–water partition coefficient (Wildman–Crippen LogP) is 4.78. The molecule has 0 fully saturated rings. The quantitative estimate of drug-likeness (QED) is 0.424. The fourth-order valence-corrected chi connectivity index (χ4v) is 6.27. The van der Waals surface area contributed by atoms with E-state index in [1.165, 1.54) is 11.3 Å². The van der Waals surface area contributed by atoms with Gasteiger partial charge in [-0.25, -0.2) is 4.79 Å². The van der Waals surface area contributed by atoms with Crippen LogP contribution in [0, 0.1) is 12.8 Å². The van der Waals surface area contributed by atoms with Crippen molar-refractivity contribution in [2.24, 2.45) is 5.92 Å². The molecule has 0 amide bonds. The molecule has 0 saturated carbocycles. The Balaban J connectivity index is 1.91. The number of methoxy groups -OCH3 is 1. The standard InChI is InChI=1S/C28H31NO6S/c1-6-34-27(31)21-16(4)29-19-14-18(17-10-8-9-11-20(17)33-5)22(28(32)35-7-2)25(30)23(19)24(21)26-15(3)12-13-36-26/h8-13,18,22,24,29H,6-7,14H2,1-5H3/t18-,22-,24-/m1/s1. The van der Waals surface area contributed by atoms with E-state index in [4.69, 9.17) is 14.2 Å². The van der Waals surface area contributed by atoms with Gasteiger partial charge in [0.15, 0.2) is 5.78 Å². The molecule has 0 radical (unpaired) electrons. The molecule has 1 N–H and O–H groups in total. The Labute approximate surface area is 215 Å². The number of esters is 2. The highest BCUT2D eigenvalue weighted by molar-refractivity contribution is 7.10. The van der Waals surface area contributed by atoms with Crippen molar-refractivity contribution in [3.63, 3.8) is 0 Å². The number of thiophene rings is 1. The summed E-state index contributed by atoms with van der Waals surface area (Å²) in [5, 5.41) is 5.27. The minimum atomic E-state index is -1.06. The summed E-state index contributed by atoms with van der Waals surface area (Å²) in [5.41, 5.74) is 3.92. The largest absolute Gasteiger partial charge is 0.496 e. The van der Waals surface area contributed by atoms with Gasteiger partial charge in [-0.3, -0.25) is 9.59 Å². The first kappa shape index (κ1) is 25.7. The number of allylic oxidation sites excluding steroid dienone is 3. The second-order valence-corrected chi connectivity index (χ2v) is 9.77. The van der Waals surface area contributed by atoms with Crippen molar-refractivity contribution in [2.45, 2.75) is 46.0 Å². The van der Waals surface area contributed by atoms with Gasteiger partial charge in [0.2, 0.25) is 0 Å². The number of ether oxygens (including phenoxy) is 3. The maximum absolute atomic E-state index is 14.3. The summed E-state index contributed by atoms with van der Waals surface area (Å²) < 4.78 is 16.4. The molecule has 1 aliphatic carbocycles. The van der Waals surface area contributed by atoms with E-state index in [2.05, 4.69) is 5.32 Å². The monoisotopic (exact) mass is 509 g/mol. The van der Waals surface area contributed by atoms with E-state index < -0.39 is 29.7 Å². The smallest absolute Gasteiger partial charge is 0.336 e. The highest BCUT2D eigenvalue weighted by Crippen LogP contribution is 2.50. The number of dihydropyridines is 1. The van der Waals surface area contributed by atoms with E-state index in [9.17, 15) is 14.4 Å². The van der Waals surface area contributed by atoms with Crippen LogP contribution in [-0.2, 0) is 23.9 Å². The Hall–Kier alpha value is -3.39. The Bertz CT molecular complexity index is 1260. The van der Waals surface area contributed by atoms with Crippen molar-refractivity contribution in [1.29, 1.82) is 0 Å². The van der Waals surface area contributed by atoms with Crippen LogP contribution in [0.15, 0.2) is 58.3 Å². The van der Waals surface area contributed by atoms with E-state index >= 15 is 0 Å². The van der Waals surface area contributed by atoms with E-state index in [0.29, 0.717) is 34.7 Å². The van der Waals surface area contributed by atoms with Crippen LogP contribution < -0.4 is 10.1 Å². The lowest BCUT2D eigenvalue weighted by Crippen LogP contribution is -2.43. The first-order chi connectivity index (χ1) is 17.3. The van der Waals surface area contributed by atoms with Crippen molar-refractivity contribution in [3.05, 3.63) is 74.3 Å². The van der Waals surface area contributed by atoms with Crippen molar-refractivity contribution < 1.29 is 28.6 Å². The second-order valence-electron chi connectivity index (χ2n) is 8.82.